The largest absolute Gasteiger partial charge is 0.329 e. The van der Waals surface area contributed by atoms with Gasteiger partial charge in [-0.15, -0.1) is 12.4 Å². The molecule has 100 valence electrons. The average molecular weight is 310 g/mol. The number of nitrogens with two attached hydrogens (primary N) is 1. The van der Waals surface area contributed by atoms with Gasteiger partial charge < -0.3 is 5.73 Å². The van der Waals surface area contributed by atoms with E-state index in [9.17, 15) is 8.42 Å². The topological polar surface area (TPSA) is 96.0 Å². The second-order valence-corrected chi connectivity index (χ2v) is 5.63. The first-order valence-electron chi connectivity index (χ1n) is 4.82. The summed E-state index contributed by atoms with van der Waals surface area (Å²) in [7, 11) is -3.64. The Morgan fingerprint density at radius 3 is 2.61 bits per heavy atom. The Balaban J connectivity index is 0.00000289. The van der Waals surface area contributed by atoms with Gasteiger partial charge in [-0.1, -0.05) is 11.6 Å². The lowest BCUT2D eigenvalue weighted by atomic mass is 10.2. The van der Waals surface area contributed by atoms with Gasteiger partial charge in [0.25, 0.3) is 0 Å². The third kappa shape index (κ3) is 4.12. The summed E-state index contributed by atoms with van der Waals surface area (Å²) in [5.41, 5.74) is 5.57. The van der Waals surface area contributed by atoms with E-state index in [1.54, 1.807) is 6.92 Å². The molecule has 0 aliphatic rings. The fourth-order valence-electron chi connectivity index (χ4n) is 1.13. The van der Waals surface area contributed by atoms with Crippen LogP contribution in [-0.2, 0) is 10.0 Å². The van der Waals surface area contributed by atoms with Crippen molar-refractivity contribution in [3.8, 4) is 6.07 Å². The van der Waals surface area contributed by atoms with Crippen molar-refractivity contribution in [2.45, 2.75) is 17.9 Å². The molecule has 0 spiro atoms. The Bertz CT molecular complexity index is 555. The van der Waals surface area contributed by atoms with Crippen molar-refractivity contribution in [2.24, 2.45) is 5.73 Å². The van der Waals surface area contributed by atoms with Crippen molar-refractivity contribution in [3.05, 3.63) is 28.8 Å². The van der Waals surface area contributed by atoms with Crippen molar-refractivity contribution in [3.63, 3.8) is 0 Å². The van der Waals surface area contributed by atoms with Crippen LogP contribution in [0.25, 0.3) is 0 Å². The predicted octanol–water partition coefficient (Wildman–Crippen LogP) is 1.26. The normalized spacial score (nSPS) is 12.3. The summed E-state index contributed by atoms with van der Waals surface area (Å²) in [6, 6.07) is 5.43. The molecule has 0 unspecified atom stereocenters. The predicted molar refractivity (Wildman–Crippen MR) is 72.3 cm³/mol. The van der Waals surface area contributed by atoms with Gasteiger partial charge in [-0.2, -0.15) is 5.26 Å². The Labute approximate surface area is 117 Å². The fourth-order valence-corrected chi connectivity index (χ4v) is 2.70. The van der Waals surface area contributed by atoms with E-state index in [1.165, 1.54) is 18.2 Å². The Morgan fingerprint density at radius 2 is 2.17 bits per heavy atom. The summed E-state index contributed by atoms with van der Waals surface area (Å²) >= 11 is 5.77. The van der Waals surface area contributed by atoms with Crippen LogP contribution in [0.2, 0.25) is 5.02 Å². The molecule has 0 saturated heterocycles. The zero-order valence-electron chi connectivity index (χ0n) is 9.55. The van der Waals surface area contributed by atoms with E-state index >= 15 is 0 Å². The number of nitriles is 1. The first-order chi connectivity index (χ1) is 7.90. The van der Waals surface area contributed by atoms with Crippen LogP contribution in [0.3, 0.4) is 0 Å². The summed E-state index contributed by atoms with van der Waals surface area (Å²) in [5.74, 6) is 0. The maximum absolute atomic E-state index is 11.8. The standard InChI is InChI=1S/C10H12ClN3O2S.ClH/c1-7(5-12)14-17(15,16)9-3-2-8(6-13)10(11)4-9;/h2-4,7,14H,5,12H2,1H3;1H/t7-;/m0./s1. The zero-order chi connectivity index (χ0) is 13.1. The molecule has 1 aromatic rings. The maximum atomic E-state index is 11.8. The molecule has 1 atom stereocenters. The highest BCUT2D eigenvalue weighted by Gasteiger charge is 2.17. The van der Waals surface area contributed by atoms with Crippen molar-refractivity contribution in [1.29, 1.82) is 5.26 Å². The molecule has 0 fully saturated rings. The highest BCUT2D eigenvalue weighted by molar-refractivity contribution is 7.89. The minimum absolute atomic E-state index is 0. The second kappa shape index (κ2) is 6.92. The zero-order valence-corrected chi connectivity index (χ0v) is 11.9. The van der Waals surface area contributed by atoms with Crippen LogP contribution in [-0.4, -0.2) is 21.0 Å². The monoisotopic (exact) mass is 309 g/mol. The number of nitrogens with one attached hydrogen (secondary N) is 1. The van der Waals surface area contributed by atoms with Gasteiger partial charge >= 0.3 is 0 Å². The number of rotatable bonds is 4. The van der Waals surface area contributed by atoms with Crippen LogP contribution in [0, 0.1) is 11.3 Å². The van der Waals surface area contributed by atoms with Gasteiger partial charge in [0.1, 0.15) is 6.07 Å². The van der Waals surface area contributed by atoms with Crippen molar-refractivity contribution < 1.29 is 8.42 Å². The molecule has 0 aliphatic heterocycles. The number of nitrogens with zero attached hydrogens (tertiary/aromatic N) is 1. The quantitative estimate of drug-likeness (QED) is 0.875. The van der Waals surface area contributed by atoms with Crippen molar-refractivity contribution in [2.75, 3.05) is 6.54 Å². The van der Waals surface area contributed by atoms with Crippen molar-refractivity contribution in [1.82, 2.24) is 4.72 Å². The third-order valence-electron chi connectivity index (χ3n) is 2.08. The summed E-state index contributed by atoms with van der Waals surface area (Å²) in [6.07, 6.45) is 0. The van der Waals surface area contributed by atoms with Gasteiger partial charge in [0.15, 0.2) is 0 Å². The van der Waals surface area contributed by atoms with Crippen LogP contribution < -0.4 is 10.5 Å². The molecule has 0 bridgehead atoms. The third-order valence-corrected chi connectivity index (χ3v) is 3.98. The summed E-state index contributed by atoms with van der Waals surface area (Å²) in [4.78, 5) is 0.0156. The number of halogens is 2. The van der Waals surface area contributed by atoms with E-state index in [0.717, 1.165) is 0 Å². The molecule has 1 rings (SSSR count). The molecular weight excluding hydrogens is 297 g/mol. The van der Waals surface area contributed by atoms with E-state index in [-0.39, 0.29) is 40.5 Å². The molecular formula is C10H13Cl2N3O2S. The lowest BCUT2D eigenvalue weighted by Gasteiger charge is -2.12. The average Bonchev–Trinajstić information content (AvgIpc) is 2.28. The van der Waals surface area contributed by atoms with Gasteiger partial charge in [-0.05, 0) is 25.1 Å². The number of hydrogen-bond acceptors (Lipinski definition) is 4. The highest BCUT2D eigenvalue weighted by atomic mass is 35.5. The van der Waals surface area contributed by atoms with Gasteiger partial charge in [0.05, 0.1) is 15.5 Å². The summed E-state index contributed by atoms with van der Waals surface area (Å²) in [6.45, 7) is 1.85. The number of benzene rings is 1. The van der Waals surface area contributed by atoms with Crippen LogP contribution in [0.4, 0.5) is 0 Å². The minimum atomic E-state index is -3.64. The summed E-state index contributed by atoms with van der Waals surface area (Å²) < 4.78 is 26.1. The molecule has 0 aromatic heterocycles. The van der Waals surface area contributed by atoms with Gasteiger partial charge in [0, 0.05) is 12.6 Å². The first kappa shape index (κ1) is 17.2. The molecule has 18 heavy (non-hydrogen) atoms. The van der Waals surface area contributed by atoms with Crippen LogP contribution in [0.5, 0.6) is 0 Å². The molecule has 0 heterocycles. The van der Waals surface area contributed by atoms with E-state index in [0.29, 0.717) is 0 Å². The molecule has 0 aliphatic carbocycles. The van der Waals surface area contributed by atoms with Crippen LogP contribution in [0.15, 0.2) is 23.1 Å². The van der Waals surface area contributed by atoms with Gasteiger partial charge in [0.2, 0.25) is 10.0 Å². The fraction of sp³-hybridized carbons (Fsp3) is 0.300. The summed E-state index contributed by atoms with van der Waals surface area (Å²) in [5, 5.41) is 8.79. The molecule has 0 saturated carbocycles. The van der Waals surface area contributed by atoms with Gasteiger partial charge in [-0.3, -0.25) is 0 Å². The maximum Gasteiger partial charge on any atom is 0.240 e. The smallest absolute Gasteiger partial charge is 0.240 e. The molecule has 3 N–H and O–H groups in total. The minimum Gasteiger partial charge on any atom is -0.329 e. The molecule has 5 nitrogen and oxygen atoms in total. The lowest BCUT2D eigenvalue weighted by molar-refractivity contribution is 0.562. The van der Waals surface area contributed by atoms with Crippen LogP contribution in [0.1, 0.15) is 12.5 Å². The second-order valence-electron chi connectivity index (χ2n) is 3.51. The molecule has 0 amide bonds. The molecule has 1 aromatic carbocycles. The molecule has 0 radical (unpaired) electrons. The van der Waals surface area contributed by atoms with Gasteiger partial charge in [-0.25, -0.2) is 13.1 Å². The van der Waals surface area contributed by atoms with Crippen molar-refractivity contribution >= 4 is 34.0 Å². The number of sulfonamides is 1. The molecule has 8 heteroatoms. The van der Waals surface area contributed by atoms with E-state index in [4.69, 9.17) is 22.6 Å². The number of hydrogen-bond donors (Lipinski definition) is 2. The Morgan fingerprint density at radius 1 is 1.56 bits per heavy atom. The van der Waals surface area contributed by atoms with E-state index in [2.05, 4.69) is 4.72 Å². The van der Waals surface area contributed by atoms with Crippen LogP contribution >= 0.6 is 24.0 Å². The first-order valence-corrected chi connectivity index (χ1v) is 6.69. The Hall–Kier alpha value is -0.840. The Kier molecular flexibility index (Phi) is 6.60. The van der Waals surface area contributed by atoms with E-state index < -0.39 is 10.0 Å². The highest BCUT2D eigenvalue weighted by Crippen LogP contribution is 2.20. The van der Waals surface area contributed by atoms with E-state index in [1.807, 2.05) is 6.07 Å². The lowest BCUT2D eigenvalue weighted by Crippen LogP contribution is -2.37. The SMILES string of the molecule is C[C@@H](CN)NS(=O)(=O)c1ccc(C#N)c(Cl)c1.Cl.